The highest BCUT2D eigenvalue weighted by molar-refractivity contribution is 5.91. The van der Waals surface area contributed by atoms with Gasteiger partial charge in [0, 0.05) is 17.7 Å². The molecule has 0 unspecified atom stereocenters. The molecule has 0 saturated carbocycles. The molecule has 1 aromatic heterocycles. The maximum atomic E-state index is 11.8. The van der Waals surface area contributed by atoms with Crippen LogP contribution in [0.2, 0.25) is 0 Å². The summed E-state index contributed by atoms with van der Waals surface area (Å²) in [5.74, 6) is 0.597. The van der Waals surface area contributed by atoms with Crippen molar-refractivity contribution in [2.75, 3.05) is 18.9 Å². The number of carbonyl (C=O) groups is 1. The standard InChI is InChI=1S/C16H21N3O2.ClH/c1-11-6-7-13(19-15(20)5-4-8-17-3)9-14(11)16-18-12(2)10-21-16;/h6-7,9-10,17H,4-5,8H2,1-3H3,(H,19,20);1H. The van der Waals surface area contributed by atoms with Crippen LogP contribution in [-0.4, -0.2) is 24.5 Å². The molecule has 1 heterocycles. The van der Waals surface area contributed by atoms with Crippen molar-refractivity contribution in [3.05, 3.63) is 35.7 Å². The Morgan fingerprint density at radius 3 is 2.73 bits per heavy atom. The molecule has 2 rings (SSSR count). The summed E-state index contributed by atoms with van der Waals surface area (Å²) in [6.45, 7) is 4.71. The lowest BCUT2D eigenvalue weighted by Gasteiger charge is -2.08. The number of rotatable bonds is 6. The monoisotopic (exact) mass is 323 g/mol. The van der Waals surface area contributed by atoms with E-state index in [0.717, 1.165) is 35.5 Å². The lowest BCUT2D eigenvalue weighted by atomic mass is 10.1. The first-order chi connectivity index (χ1) is 10.1. The van der Waals surface area contributed by atoms with Crippen LogP contribution in [0, 0.1) is 13.8 Å². The van der Waals surface area contributed by atoms with Gasteiger partial charge in [-0.15, -0.1) is 12.4 Å². The van der Waals surface area contributed by atoms with Crippen molar-refractivity contribution >= 4 is 24.0 Å². The summed E-state index contributed by atoms with van der Waals surface area (Å²) in [7, 11) is 1.88. The fourth-order valence-electron chi connectivity index (χ4n) is 2.06. The van der Waals surface area contributed by atoms with Gasteiger partial charge in [0.05, 0.1) is 5.69 Å². The fourth-order valence-corrected chi connectivity index (χ4v) is 2.06. The number of nitrogens with zero attached hydrogens (tertiary/aromatic N) is 1. The summed E-state index contributed by atoms with van der Waals surface area (Å²) in [6, 6.07) is 5.75. The number of amides is 1. The van der Waals surface area contributed by atoms with Gasteiger partial charge in [0.2, 0.25) is 11.8 Å². The molecule has 0 bridgehead atoms. The summed E-state index contributed by atoms with van der Waals surface area (Å²) in [4.78, 5) is 16.2. The number of halogens is 1. The molecule has 1 aromatic carbocycles. The second-order valence-corrected chi connectivity index (χ2v) is 5.08. The highest BCUT2D eigenvalue weighted by Crippen LogP contribution is 2.26. The number of nitrogens with one attached hydrogen (secondary N) is 2. The van der Waals surface area contributed by atoms with Crippen LogP contribution in [-0.2, 0) is 4.79 Å². The molecule has 0 aliphatic heterocycles. The van der Waals surface area contributed by atoms with Crippen molar-refractivity contribution in [3.8, 4) is 11.5 Å². The van der Waals surface area contributed by atoms with Crippen LogP contribution >= 0.6 is 12.4 Å². The van der Waals surface area contributed by atoms with Crippen LogP contribution in [0.15, 0.2) is 28.9 Å². The minimum absolute atomic E-state index is 0. The Bertz CT molecular complexity index is 626. The number of hydrogen-bond acceptors (Lipinski definition) is 4. The quantitative estimate of drug-likeness (QED) is 0.800. The number of oxazole rings is 1. The van der Waals surface area contributed by atoms with Crippen LogP contribution < -0.4 is 10.6 Å². The molecule has 6 heteroatoms. The predicted molar refractivity (Wildman–Crippen MR) is 90.5 cm³/mol. The lowest BCUT2D eigenvalue weighted by molar-refractivity contribution is -0.116. The summed E-state index contributed by atoms with van der Waals surface area (Å²) >= 11 is 0. The first-order valence-corrected chi connectivity index (χ1v) is 7.07. The largest absolute Gasteiger partial charge is 0.444 e. The normalized spacial score (nSPS) is 10.1. The molecule has 0 atom stereocenters. The van der Waals surface area contributed by atoms with Crippen molar-refractivity contribution in [2.45, 2.75) is 26.7 Å². The number of hydrogen-bond donors (Lipinski definition) is 2. The molecule has 1 amide bonds. The Labute approximate surface area is 136 Å². The fraction of sp³-hybridized carbons (Fsp3) is 0.375. The van der Waals surface area contributed by atoms with E-state index in [9.17, 15) is 4.79 Å². The summed E-state index contributed by atoms with van der Waals surface area (Å²) in [5.41, 5.74) is 3.56. The minimum Gasteiger partial charge on any atom is -0.444 e. The Kier molecular flexibility index (Phi) is 7.08. The van der Waals surface area contributed by atoms with E-state index in [-0.39, 0.29) is 18.3 Å². The average molecular weight is 324 g/mol. The van der Waals surface area contributed by atoms with Crippen LogP contribution in [0.4, 0.5) is 5.69 Å². The van der Waals surface area contributed by atoms with E-state index >= 15 is 0 Å². The van der Waals surface area contributed by atoms with Gasteiger partial charge >= 0.3 is 0 Å². The molecule has 0 saturated heterocycles. The first-order valence-electron chi connectivity index (χ1n) is 7.07. The van der Waals surface area contributed by atoms with Gasteiger partial charge in [0.25, 0.3) is 0 Å². The third-order valence-electron chi connectivity index (χ3n) is 3.20. The number of aryl methyl sites for hydroxylation is 2. The van der Waals surface area contributed by atoms with Gasteiger partial charge in [0.1, 0.15) is 6.26 Å². The Morgan fingerprint density at radius 1 is 1.32 bits per heavy atom. The van der Waals surface area contributed by atoms with Crippen molar-refractivity contribution in [2.24, 2.45) is 0 Å². The van der Waals surface area contributed by atoms with Gasteiger partial charge < -0.3 is 15.1 Å². The Morgan fingerprint density at radius 2 is 2.09 bits per heavy atom. The zero-order valence-electron chi connectivity index (χ0n) is 13.1. The molecule has 22 heavy (non-hydrogen) atoms. The molecular weight excluding hydrogens is 302 g/mol. The third kappa shape index (κ3) is 4.86. The van der Waals surface area contributed by atoms with E-state index in [1.807, 2.05) is 39.1 Å². The minimum atomic E-state index is 0. The SMILES string of the molecule is CNCCCC(=O)Nc1ccc(C)c(-c2nc(C)co2)c1.Cl. The maximum Gasteiger partial charge on any atom is 0.226 e. The van der Waals surface area contributed by atoms with Gasteiger partial charge in [-0.05, 0) is 51.6 Å². The molecule has 120 valence electrons. The van der Waals surface area contributed by atoms with Crippen molar-refractivity contribution < 1.29 is 9.21 Å². The molecule has 0 radical (unpaired) electrons. The Hall–Kier alpha value is -1.85. The predicted octanol–water partition coefficient (Wildman–Crippen LogP) is 3.32. The van der Waals surface area contributed by atoms with Crippen molar-refractivity contribution in [1.29, 1.82) is 0 Å². The number of anilines is 1. The number of benzene rings is 1. The molecule has 5 nitrogen and oxygen atoms in total. The van der Waals surface area contributed by atoms with Crippen LogP contribution in [0.3, 0.4) is 0 Å². The summed E-state index contributed by atoms with van der Waals surface area (Å²) < 4.78 is 5.44. The molecule has 0 fully saturated rings. The van der Waals surface area contributed by atoms with Crippen LogP contribution in [0.1, 0.15) is 24.1 Å². The summed E-state index contributed by atoms with van der Waals surface area (Å²) in [5, 5.41) is 5.94. The van der Waals surface area contributed by atoms with E-state index < -0.39 is 0 Å². The molecule has 0 aliphatic carbocycles. The van der Waals surface area contributed by atoms with Crippen molar-refractivity contribution in [3.63, 3.8) is 0 Å². The van der Waals surface area contributed by atoms with Gasteiger partial charge in [-0.3, -0.25) is 4.79 Å². The zero-order chi connectivity index (χ0) is 15.2. The first kappa shape index (κ1) is 18.2. The maximum absolute atomic E-state index is 11.8. The van der Waals surface area contributed by atoms with E-state index in [2.05, 4.69) is 15.6 Å². The third-order valence-corrected chi connectivity index (χ3v) is 3.20. The smallest absolute Gasteiger partial charge is 0.226 e. The van der Waals surface area contributed by atoms with Gasteiger partial charge in [-0.2, -0.15) is 0 Å². The van der Waals surface area contributed by atoms with Crippen LogP contribution in [0.25, 0.3) is 11.5 Å². The van der Waals surface area contributed by atoms with E-state index in [1.165, 1.54) is 0 Å². The van der Waals surface area contributed by atoms with E-state index in [4.69, 9.17) is 4.42 Å². The van der Waals surface area contributed by atoms with Crippen LogP contribution in [0.5, 0.6) is 0 Å². The zero-order valence-corrected chi connectivity index (χ0v) is 13.9. The molecule has 2 N–H and O–H groups in total. The van der Waals surface area contributed by atoms with Gasteiger partial charge in [0.15, 0.2) is 0 Å². The summed E-state index contributed by atoms with van der Waals surface area (Å²) in [6.07, 6.45) is 2.94. The van der Waals surface area contributed by atoms with Gasteiger partial charge in [-0.25, -0.2) is 4.98 Å². The second kappa shape index (κ2) is 8.56. The molecule has 2 aromatic rings. The highest BCUT2D eigenvalue weighted by atomic mass is 35.5. The lowest BCUT2D eigenvalue weighted by Crippen LogP contribution is -2.15. The molecule has 0 spiro atoms. The van der Waals surface area contributed by atoms with Crippen molar-refractivity contribution in [1.82, 2.24) is 10.3 Å². The second-order valence-electron chi connectivity index (χ2n) is 5.08. The highest BCUT2D eigenvalue weighted by Gasteiger charge is 2.10. The van der Waals surface area contributed by atoms with E-state index in [0.29, 0.717) is 12.3 Å². The van der Waals surface area contributed by atoms with E-state index in [1.54, 1.807) is 6.26 Å². The Balaban J connectivity index is 0.00000242. The number of aromatic nitrogens is 1. The molecular formula is C16H22ClN3O2. The van der Waals surface area contributed by atoms with Gasteiger partial charge in [-0.1, -0.05) is 6.07 Å². The topological polar surface area (TPSA) is 67.2 Å². The molecule has 0 aliphatic rings. The average Bonchev–Trinajstić information content (AvgIpc) is 2.88. The number of carbonyl (C=O) groups excluding carboxylic acids is 1.